The highest BCUT2D eigenvalue weighted by Crippen LogP contribution is 2.25. The molecule has 9 nitrogen and oxygen atoms in total. The summed E-state index contributed by atoms with van der Waals surface area (Å²) in [6, 6.07) is 2.07. The van der Waals surface area contributed by atoms with Crippen LogP contribution in [0, 0.1) is 0 Å². The molecule has 3 aromatic rings. The number of anilines is 3. The molecule has 0 saturated carbocycles. The van der Waals surface area contributed by atoms with E-state index in [4.69, 9.17) is 0 Å². The number of aryl methyl sites for hydroxylation is 1. The van der Waals surface area contributed by atoms with E-state index in [0.717, 1.165) is 41.9 Å². The molecular weight excluding hydrogens is 344 g/mol. The normalized spacial score (nSPS) is 17.1. The van der Waals surface area contributed by atoms with Crippen molar-refractivity contribution in [3.8, 4) is 0 Å². The van der Waals surface area contributed by atoms with Crippen molar-refractivity contribution in [2.24, 2.45) is 7.05 Å². The average Bonchev–Trinajstić information content (AvgIpc) is 3.30. The summed E-state index contributed by atoms with van der Waals surface area (Å²) in [5, 5.41) is 11.7. The van der Waals surface area contributed by atoms with Crippen LogP contribution in [0.25, 0.3) is 11.0 Å². The van der Waals surface area contributed by atoms with E-state index in [9.17, 15) is 4.79 Å². The van der Waals surface area contributed by atoms with Gasteiger partial charge in [-0.3, -0.25) is 9.48 Å². The predicted octanol–water partition coefficient (Wildman–Crippen LogP) is 2.02. The molecule has 1 fully saturated rings. The van der Waals surface area contributed by atoms with Crippen LogP contribution >= 0.6 is 0 Å². The van der Waals surface area contributed by atoms with E-state index in [0.29, 0.717) is 12.5 Å². The number of carbonyl (C=O) groups is 1. The van der Waals surface area contributed by atoms with Crippen molar-refractivity contribution in [2.45, 2.75) is 18.9 Å². The minimum atomic E-state index is -0.0325. The van der Waals surface area contributed by atoms with Crippen molar-refractivity contribution >= 4 is 34.4 Å². The van der Waals surface area contributed by atoms with Gasteiger partial charge in [-0.2, -0.15) is 15.1 Å². The Morgan fingerprint density at radius 2 is 2.33 bits per heavy atom. The number of aromatic amines is 1. The molecule has 0 aliphatic carbocycles. The summed E-state index contributed by atoms with van der Waals surface area (Å²) in [4.78, 5) is 26.0. The molecule has 140 valence electrons. The molecule has 0 spiro atoms. The van der Waals surface area contributed by atoms with E-state index < -0.39 is 0 Å². The van der Waals surface area contributed by atoms with Gasteiger partial charge in [-0.15, -0.1) is 0 Å². The second-order valence-electron chi connectivity index (χ2n) is 6.64. The van der Waals surface area contributed by atoms with Gasteiger partial charge in [-0.25, -0.2) is 0 Å². The molecular formula is C18H22N8O. The second kappa shape index (κ2) is 7.10. The third kappa shape index (κ3) is 3.62. The number of fused-ring (bicyclic) bond motifs is 1. The lowest BCUT2D eigenvalue weighted by molar-refractivity contribution is -0.127. The van der Waals surface area contributed by atoms with Gasteiger partial charge in [0.2, 0.25) is 11.9 Å². The molecule has 3 N–H and O–H groups in total. The minimum absolute atomic E-state index is 0.0325. The number of nitrogens with zero attached hydrogens (tertiary/aromatic N) is 5. The van der Waals surface area contributed by atoms with Crippen molar-refractivity contribution in [1.29, 1.82) is 0 Å². The highest BCUT2D eigenvalue weighted by molar-refractivity contribution is 5.89. The van der Waals surface area contributed by atoms with Gasteiger partial charge in [0.15, 0.2) is 0 Å². The van der Waals surface area contributed by atoms with Crippen molar-refractivity contribution in [2.75, 3.05) is 23.7 Å². The summed E-state index contributed by atoms with van der Waals surface area (Å²) in [5.41, 5.74) is 1.56. The highest BCUT2D eigenvalue weighted by Gasteiger charge is 2.23. The van der Waals surface area contributed by atoms with E-state index in [1.807, 2.05) is 30.4 Å². The molecule has 4 heterocycles. The maximum atomic E-state index is 11.9. The number of hydrogen-bond acceptors (Lipinski definition) is 6. The summed E-state index contributed by atoms with van der Waals surface area (Å²) in [7, 11) is 1.85. The monoisotopic (exact) mass is 366 g/mol. The minimum Gasteiger partial charge on any atom is -0.365 e. The first-order chi connectivity index (χ1) is 13.1. The van der Waals surface area contributed by atoms with Crippen LogP contribution in [0.3, 0.4) is 0 Å². The fraction of sp³-hybridized carbons (Fsp3) is 0.333. The molecule has 1 atom stereocenters. The lowest BCUT2D eigenvalue weighted by Gasteiger charge is -2.33. The van der Waals surface area contributed by atoms with Crippen molar-refractivity contribution in [1.82, 2.24) is 29.6 Å². The summed E-state index contributed by atoms with van der Waals surface area (Å²) >= 11 is 0. The maximum absolute atomic E-state index is 11.9. The van der Waals surface area contributed by atoms with Gasteiger partial charge in [0.1, 0.15) is 11.5 Å². The largest absolute Gasteiger partial charge is 0.365 e. The van der Waals surface area contributed by atoms with Crippen molar-refractivity contribution in [3.63, 3.8) is 0 Å². The van der Waals surface area contributed by atoms with Crippen LogP contribution in [-0.4, -0.2) is 54.7 Å². The zero-order valence-electron chi connectivity index (χ0n) is 15.1. The van der Waals surface area contributed by atoms with Crippen LogP contribution in [0.5, 0.6) is 0 Å². The van der Waals surface area contributed by atoms with E-state index in [1.165, 1.54) is 6.08 Å². The summed E-state index contributed by atoms with van der Waals surface area (Å²) < 4.78 is 1.71. The third-order valence-electron chi connectivity index (χ3n) is 4.63. The van der Waals surface area contributed by atoms with Crippen LogP contribution in [0.1, 0.15) is 12.8 Å². The lowest BCUT2D eigenvalue weighted by Crippen LogP contribution is -2.44. The van der Waals surface area contributed by atoms with E-state index >= 15 is 0 Å². The van der Waals surface area contributed by atoms with Gasteiger partial charge in [0, 0.05) is 38.6 Å². The third-order valence-corrected chi connectivity index (χ3v) is 4.63. The molecule has 0 radical (unpaired) electrons. The first-order valence-corrected chi connectivity index (χ1v) is 8.91. The molecule has 0 unspecified atom stereocenters. The van der Waals surface area contributed by atoms with Gasteiger partial charge in [0.25, 0.3) is 0 Å². The molecule has 9 heteroatoms. The molecule has 1 saturated heterocycles. The molecule has 3 aromatic heterocycles. The van der Waals surface area contributed by atoms with Crippen LogP contribution in [-0.2, 0) is 11.8 Å². The standard InChI is InChI=1S/C18H22N8O/c1-3-15(27)26-8-4-5-12(11-26)21-17-14-6-7-19-16(14)23-18(24-17)22-13-9-20-25(2)10-13/h3,6-7,9-10,12H,1,4-5,8,11H2,2H3,(H3,19,21,22,23,24)/t12-/m1/s1. The first kappa shape index (κ1) is 17.1. The molecule has 1 aliphatic rings. The van der Waals surface area contributed by atoms with Crippen LogP contribution in [0.4, 0.5) is 17.5 Å². The molecule has 1 aliphatic heterocycles. The topological polar surface area (TPSA) is 104 Å². The van der Waals surface area contributed by atoms with E-state index in [1.54, 1.807) is 10.9 Å². The number of likely N-dealkylation sites (tertiary alicyclic amines) is 1. The van der Waals surface area contributed by atoms with E-state index in [2.05, 4.69) is 37.3 Å². The van der Waals surface area contributed by atoms with Gasteiger partial charge >= 0.3 is 0 Å². The smallest absolute Gasteiger partial charge is 0.246 e. The number of amides is 1. The lowest BCUT2D eigenvalue weighted by atomic mass is 10.1. The summed E-state index contributed by atoms with van der Waals surface area (Å²) in [5.74, 6) is 1.19. The Labute approximate surface area is 156 Å². The van der Waals surface area contributed by atoms with Crippen molar-refractivity contribution < 1.29 is 4.79 Å². The fourth-order valence-electron chi connectivity index (χ4n) is 3.34. The number of hydrogen-bond donors (Lipinski definition) is 3. The summed E-state index contributed by atoms with van der Waals surface area (Å²) in [6.45, 7) is 4.98. The Kier molecular flexibility index (Phi) is 4.49. The molecule has 1 amide bonds. The number of carbonyl (C=O) groups excluding carboxylic acids is 1. The molecule has 0 bridgehead atoms. The molecule has 27 heavy (non-hydrogen) atoms. The van der Waals surface area contributed by atoms with Crippen LogP contribution in [0.15, 0.2) is 37.3 Å². The zero-order chi connectivity index (χ0) is 18.8. The van der Waals surface area contributed by atoms with E-state index in [-0.39, 0.29) is 11.9 Å². The van der Waals surface area contributed by atoms with Crippen LogP contribution < -0.4 is 10.6 Å². The Balaban J connectivity index is 1.57. The van der Waals surface area contributed by atoms with Gasteiger partial charge in [-0.1, -0.05) is 6.58 Å². The van der Waals surface area contributed by atoms with Gasteiger partial charge < -0.3 is 20.5 Å². The highest BCUT2D eigenvalue weighted by atomic mass is 16.2. The zero-order valence-corrected chi connectivity index (χ0v) is 15.1. The quantitative estimate of drug-likeness (QED) is 0.597. The SMILES string of the molecule is C=CC(=O)N1CCC[C@@H](Nc2nc(Nc3cnn(C)c3)nc3[nH]ccc23)C1. The second-order valence-corrected chi connectivity index (χ2v) is 6.64. The Bertz CT molecular complexity index is 975. The summed E-state index contributed by atoms with van der Waals surface area (Å²) in [6.07, 6.45) is 8.70. The van der Waals surface area contributed by atoms with Crippen LogP contribution in [0.2, 0.25) is 0 Å². The number of rotatable bonds is 5. The average molecular weight is 366 g/mol. The Hall–Kier alpha value is -3.36. The molecule has 4 rings (SSSR count). The predicted molar refractivity (Wildman–Crippen MR) is 104 cm³/mol. The Morgan fingerprint density at radius 3 is 3.11 bits per heavy atom. The van der Waals surface area contributed by atoms with Gasteiger partial charge in [-0.05, 0) is 25.0 Å². The number of nitrogens with one attached hydrogen (secondary N) is 3. The van der Waals surface area contributed by atoms with Gasteiger partial charge in [0.05, 0.1) is 17.3 Å². The number of H-pyrrole nitrogens is 1. The number of piperidine rings is 1. The first-order valence-electron chi connectivity index (χ1n) is 8.91. The number of aromatic nitrogens is 5. The molecule has 0 aromatic carbocycles. The fourth-order valence-corrected chi connectivity index (χ4v) is 3.34. The maximum Gasteiger partial charge on any atom is 0.246 e. The van der Waals surface area contributed by atoms with Crippen molar-refractivity contribution in [3.05, 3.63) is 37.3 Å². The Morgan fingerprint density at radius 1 is 1.44 bits per heavy atom.